The van der Waals surface area contributed by atoms with E-state index in [2.05, 4.69) is 15.0 Å². The van der Waals surface area contributed by atoms with Gasteiger partial charge in [0.2, 0.25) is 0 Å². The van der Waals surface area contributed by atoms with Crippen molar-refractivity contribution in [3.63, 3.8) is 0 Å². The lowest BCUT2D eigenvalue weighted by Crippen LogP contribution is -2.21. The number of carbonyl (C=O) groups is 1. The number of nitrogen functional groups attached to an aromatic ring is 2. The predicted octanol–water partition coefficient (Wildman–Crippen LogP) is 0.192. The molecule has 0 aromatic carbocycles. The summed E-state index contributed by atoms with van der Waals surface area (Å²) in [5.41, 5.74) is 10.7. The zero-order valence-electron chi connectivity index (χ0n) is 12.3. The Morgan fingerprint density at radius 3 is 1.96 bits per heavy atom. The van der Waals surface area contributed by atoms with E-state index in [1.54, 1.807) is 24.5 Å². The molecule has 0 saturated carbocycles. The van der Waals surface area contributed by atoms with E-state index in [9.17, 15) is 9.90 Å². The SMILES string of the molecule is Nc1cccc[nH+]1.Nc1ccccn1.O=C([O-])c1ccncc1. The van der Waals surface area contributed by atoms with Crippen LogP contribution >= 0.6 is 0 Å². The van der Waals surface area contributed by atoms with Crippen LogP contribution in [0.5, 0.6) is 0 Å². The van der Waals surface area contributed by atoms with Crippen LogP contribution in [0.3, 0.4) is 0 Å². The van der Waals surface area contributed by atoms with E-state index in [4.69, 9.17) is 11.5 Å². The molecular formula is C16H17N5O2. The molecule has 0 saturated heterocycles. The van der Waals surface area contributed by atoms with E-state index in [1.807, 2.05) is 24.3 Å². The zero-order valence-corrected chi connectivity index (χ0v) is 12.3. The first-order chi connectivity index (χ1) is 11.1. The second kappa shape index (κ2) is 10.3. The highest BCUT2D eigenvalue weighted by molar-refractivity contribution is 5.85. The lowest BCUT2D eigenvalue weighted by atomic mass is 10.3. The second-order valence-electron chi connectivity index (χ2n) is 4.10. The first kappa shape index (κ1) is 17.6. The highest BCUT2D eigenvalue weighted by Gasteiger charge is 1.86. The summed E-state index contributed by atoms with van der Waals surface area (Å²) in [7, 11) is 0. The highest BCUT2D eigenvalue weighted by Crippen LogP contribution is 1.91. The number of aromatic nitrogens is 3. The molecular weight excluding hydrogens is 294 g/mol. The predicted molar refractivity (Wildman–Crippen MR) is 84.6 cm³/mol. The fraction of sp³-hybridized carbons (Fsp3) is 0. The van der Waals surface area contributed by atoms with Crippen molar-refractivity contribution in [2.75, 3.05) is 11.5 Å². The maximum atomic E-state index is 10.1. The van der Waals surface area contributed by atoms with Crippen molar-refractivity contribution < 1.29 is 14.9 Å². The maximum absolute atomic E-state index is 10.1. The first-order valence-corrected chi connectivity index (χ1v) is 6.59. The highest BCUT2D eigenvalue weighted by atomic mass is 16.4. The summed E-state index contributed by atoms with van der Waals surface area (Å²) in [5.74, 6) is 0.0994. The smallest absolute Gasteiger partial charge is 0.269 e. The fourth-order valence-electron chi connectivity index (χ4n) is 1.27. The topological polar surface area (TPSA) is 132 Å². The van der Waals surface area contributed by atoms with Crippen LogP contribution in [0.15, 0.2) is 73.3 Å². The number of pyridine rings is 3. The van der Waals surface area contributed by atoms with Gasteiger partial charge in [-0.3, -0.25) is 10.7 Å². The summed E-state index contributed by atoms with van der Waals surface area (Å²) in [6.07, 6.45) is 6.26. The van der Waals surface area contributed by atoms with Gasteiger partial charge in [0.1, 0.15) is 5.82 Å². The molecule has 3 heterocycles. The minimum absolute atomic E-state index is 0.157. The number of nitrogens with zero attached hydrogens (tertiary/aromatic N) is 2. The van der Waals surface area contributed by atoms with Gasteiger partial charge >= 0.3 is 0 Å². The van der Waals surface area contributed by atoms with E-state index in [0.29, 0.717) is 11.6 Å². The number of carbonyl (C=O) groups excluding carboxylic acids is 1. The number of nitrogens with two attached hydrogens (primary N) is 2. The van der Waals surface area contributed by atoms with E-state index in [0.717, 1.165) is 0 Å². The number of carboxylic acids is 1. The van der Waals surface area contributed by atoms with Crippen LogP contribution < -0.4 is 21.6 Å². The molecule has 3 rings (SSSR count). The zero-order chi connectivity index (χ0) is 16.9. The van der Waals surface area contributed by atoms with E-state index in [-0.39, 0.29) is 5.56 Å². The molecule has 5 N–H and O–H groups in total. The van der Waals surface area contributed by atoms with Crippen molar-refractivity contribution in [2.45, 2.75) is 0 Å². The molecule has 0 atom stereocenters. The van der Waals surface area contributed by atoms with Crippen molar-refractivity contribution in [1.29, 1.82) is 0 Å². The molecule has 0 bridgehead atoms. The molecule has 0 aliphatic heterocycles. The molecule has 0 spiro atoms. The summed E-state index contributed by atoms with van der Waals surface area (Å²) < 4.78 is 0. The third kappa shape index (κ3) is 8.41. The van der Waals surface area contributed by atoms with Gasteiger partial charge < -0.3 is 15.6 Å². The van der Waals surface area contributed by atoms with Gasteiger partial charge in [-0.1, -0.05) is 12.1 Å². The van der Waals surface area contributed by atoms with Crippen LogP contribution in [-0.4, -0.2) is 15.9 Å². The number of nitrogens with one attached hydrogen (secondary N) is 1. The molecule has 0 unspecified atom stereocenters. The number of aromatic carboxylic acids is 1. The lowest BCUT2D eigenvalue weighted by Gasteiger charge is -1.97. The summed E-state index contributed by atoms with van der Waals surface area (Å²) in [6, 6.07) is 13.8. The van der Waals surface area contributed by atoms with Crippen molar-refractivity contribution in [3.05, 3.63) is 78.9 Å². The van der Waals surface area contributed by atoms with E-state index >= 15 is 0 Å². The minimum Gasteiger partial charge on any atom is -0.545 e. The molecule has 0 fully saturated rings. The van der Waals surface area contributed by atoms with Crippen LogP contribution in [0.4, 0.5) is 11.6 Å². The third-order valence-electron chi connectivity index (χ3n) is 2.34. The van der Waals surface area contributed by atoms with Crippen LogP contribution in [-0.2, 0) is 0 Å². The summed E-state index contributed by atoms with van der Waals surface area (Å²) >= 11 is 0. The number of carboxylic acid groups (broad SMARTS) is 1. The molecule has 0 amide bonds. The number of aromatic amines is 1. The molecule has 3 aromatic heterocycles. The average Bonchev–Trinajstić information content (AvgIpc) is 2.58. The lowest BCUT2D eigenvalue weighted by molar-refractivity contribution is -0.360. The number of hydrogen-bond acceptors (Lipinski definition) is 6. The Balaban J connectivity index is 0.000000175. The summed E-state index contributed by atoms with van der Waals surface area (Å²) in [4.78, 5) is 20.3. The molecule has 118 valence electrons. The van der Waals surface area contributed by atoms with Crippen LogP contribution in [0.1, 0.15) is 10.4 Å². The van der Waals surface area contributed by atoms with Crippen LogP contribution in [0.2, 0.25) is 0 Å². The summed E-state index contributed by atoms with van der Waals surface area (Å²) in [5, 5.41) is 10.1. The maximum Gasteiger partial charge on any atom is 0.269 e. The van der Waals surface area contributed by atoms with Crippen molar-refractivity contribution in [3.8, 4) is 0 Å². The monoisotopic (exact) mass is 311 g/mol. The molecule has 0 radical (unpaired) electrons. The second-order valence-corrected chi connectivity index (χ2v) is 4.10. The van der Waals surface area contributed by atoms with Gasteiger partial charge in [-0.15, -0.1) is 0 Å². The van der Waals surface area contributed by atoms with Gasteiger partial charge in [0, 0.05) is 30.2 Å². The largest absolute Gasteiger partial charge is 0.545 e. The van der Waals surface area contributed by atoms with Gasteiger partial charge in [0.15, 0.2) is 0 Å². The average molecular weight is 311 g/mol. The van der Waals surface area contributed by atoms with E-state index in [1.165, 1.54) is 24.5 Å². The van der Waals surface area contributed by atoms with Gasteiger partial charge in [-0.25, -0.2) is 9.97 Å². The Hall–Kier alpha value is -3.48. The number of anilines is 2. The van der Waals surface area contributed by atoms with Gasteiger partial charge in [-0.2, -0.15) is 0 Å². The van der Waals surface area contributed by atoms with Crippen molar-refractivity contribution in [1.82, 2.24) is 9.97 Å². The molecule has 3 aromatic rings. The fourth-order valence-corrected chi connectivity index (χ4v) is 1.27. The molecule has 7 heteroatoms. The standard InChI is InChI=1S/C6H5NO2.2C5H6N2/c8-6(9)5-1-3-7-4-2-5;2*6-5-3-1-2-4-7-5/h1-4H,(H,8,9);2*1-4H,(H2,6,7). The molecule has 0 aliphatic rings. The van der Waals surface area contributed by atoms with Gasteiger partial charge in [0.25, 0.3) is 5.82 Å². The van der Waals surface area contributed by atoms with Crippen molar-refractivity contribution in [2.24, 2.45) is 0 Å². The third-order valence-corrected chi connectivity index (χ3v) is 2.34. The Labute approximate surface area is 133 Å². The van der Waals surface area contributed by atoms with Crippen LogP contribution in [0.25, 0.3) is 0 Å². The summed E-state index contributed by atoms with van der Waals surface area (Å²) in [6.45, 7) is 0. The molecule has 23 heavy (non-hydrogen) atoms. The number of rotatable bonds is 1. The van der Waals surface area contributed by atoms with Gasteiger partial charge in [-0.05, 0) is 30.3 Å². The Bertz CT molecular complexity index is 641. The number of hydrogen-bond donors (Lipinski definition) is 2. The molecule has 7 nitrogen and oxygen atoms in total. The van der Waals surface area contributed by atoms with Gasteiger partial charge in [0.05, 0.1) is 12.2 Å². The molecule has 0 aliphatic carbocycles. The minimum atomic E-state index is -1.17. The van der Waals surface area contributed by atoms with E-state index < -0.39 is 5.97 Å². The van der Waals surface area contributed by atoms with Crippen molar-refractivity contribution >= 4 is 17.6 Å². The quantitative estimate of drug-likeness (QED) is 0.659. The van der Waals surface area contributed by atoms with Crippen LogP contribution in [0, 0.1) is 0 Å². The first-order valence-electron chi connectivity index (χ1n) is 6.59. The number of H-pyrrole nitrogens is 1. The Morgan fingerprint density at radius 2 is 1.65 bits per heavy atom. The Morgan fingerprint density at radius 1 is 0.957 bits per heavy atom. The normalized spacial score (nSPS) is 8.70. The Kier molecular flexibility index (Phi) is 7.85.